The number of rotatable bonds is 5. The molecule has 10 heteroatoms. The zero-order valence-electron chi connectivity index (χ0n) is 15.8. The first-order valence-corrected chi connectivity index (χ1v) is 11.1. The molecule has 0 aliphatic carbocycles. The van der Waals surface area contributed by atoms with Crippen LogP contribution >= 0.6 is 11.6 Å². The van der Waals surface area contributed by atoms with Crippen molar-refractivity contribution >= 4 is 38.5 Å². The second-order valence-electron chi connectivity index (χ2n) is 6.89. The summed E-state index contributed by atoms with van der Waals surface area (Å²) in [6, 6.07) is 10.3. The fraction of sp³-hybridized carbons (Fsp3) is 0.250. The number of sulfonamides is 1. The minimum atomic E-state index is -3.54. The normalized spacial score (nSPS) is 14.8. The van der Waals surface area contributed by atoms with E-state index in [0.29, 0.717) is 29.0 Å². The molecule has 1 saturated heterocycles. The van der Waals surface area contributed by atoms with Crippen LogP contribution in [0.4, 0.5) is 0 Å². The standard InChI is InChI=1S/C20H18ClN3O5S/c21-14-5-8-16-17(11-14)22-18(23-19(16)25)12-29-20(26)13-3-6-15(7-4-13)30(27,28)24-9-1-2-10-24/h3-8,11H,1-2,9-10,12H2,(H,22,23,25). The van der Waals surface area contributed by atoms with Gasteiger partial charge in [-0.15, -0.1) is 0 Å². The van der Waals surface area contributed by atoms with Crippen molar-refractivity contribution in [3.05, 3.63) is 69.2 Å². The molecule has 0 amide bonds. The van der Waals surface area contributed by atoms with Gasteiger partial charge in [-0.1, -0.05) is 11.6 Å². The number of hydrogen-bond acceptors (Lipinski definition) is 6. The lowest BCUT2D eigenvalue weighted by Crippen LogP contribution is -2.27. The minimum absolute atomic E-state index is 0.137. The van der Waals surface area contributed by atoms with Gasteiger partial charge in [-0.3, -0.25) is 4.79 Å². The third-order valence-corrected chi connectivity index (χ3v) is 7.00. The van der Waals surface area contributed by atoms with E-state index in [0.717, 1.165) is 12.8 Å². The predicted molar refractivity (Wildman–Crippen MR) is 111 cm³/mol. The highest BCUT2D eigenvalue weighted by molar-refractivity contribution is 7.89. The molecule has 0 atom stereocenters. The number of aromatic nitrogens is 2. The highest BCUT2D eigenvalue weighted by Crippen LogP contribution is 2.21. The Kier molecular flexibility index (Phi) is 5.59. The van der Waals surface area contributed by atoms with E-state index in [4.69, 9.17) is 16.3 Å². The van der Waals surface area contributed by atoms with Crippen molar-refractivity contribution in [1.29, 1.82) is 0 Å². The summed E-state index contributed by atoms with van der Waals surface area (Å²) in [6.45, 7) is 0.771. The maximum absolute atomic E-state index is 12.5. The van der Waals surface area contributed by atoms with E-state index in [2.05, 4.69) is 9.97 Å². The number of ether oxygens (including phenoxy) is 1. The summed E-state index contributed by atoms with van der Waals surface area (Å²) in [5.41, 5.74) is 0.231. The van der Waals surface area contributed by atoms with Gasteiger partial charge in [-0.05, 0) is 55.3 Å². The Labute approximate surface area is 177 Å². The first-order valence-electron chi connectivity index (χ1n) is 9.30. The number of carbonyl (C=O) groups is 1. The Balaban J connectivity index is 1.47. The second-order valence-corrected chi connectivity index (χ2v) is 9.26. The van der Waals surface area contributed by atoms with Crippen LogP contribution in [0, 0.1) is 0 Å². The van der Waals surface area contributed by atoms with Crippen LogP contribution < -0.4 is 5.56 Å². The summed E-state index contributed by atoms with van der Waals surface area (Å²) < 4.78 is 31.7. The van der Waals surface area contributed by atoms with Crippen LogP contribution in [0.1, 0.15) is 29.0 Å². The average Bonchev–Trinajstić information content (AvgIpc) is 3.27. The summed E-state index contributed by atoms with van der Waals surface area (Å²) in [7, 11) is -3.54. The largest absolute Gasteiger partial charge is 0.454 e. The predicted octanol–water partition coefficient (Wildman–Crippen LogP) is 2.72. The highest BCUT2D eigenvalue weighted by atomic mass is 35.5. The van der Waals surface area contributed by atoms with Crippen molar-refractivity contribution < 1.29 is 17.9 Å². The van der Waals surface area contributed by atoms with Crippen LogP contribution in [0.25, 0.3) is 10.9 Å². The summed E-state index contributed by atoms with van der Waals surface area (Å²) in [5.74, 6) is -0.481. The molecule has 0 unspecified atom stereocenters. The molecule has 1 aromatic heterocycles. The topological polar surface area (TPSA) is 109 Å². The third kappa shape index (κ3) is 4.09. The fourth-order valence-corrected chi connectivity index (χ4v) is 4.97. The quantitative estimate of drug-likeness (QED) is 0.602. The van der Waals surface area contributed by atoms with Crippen molar-refractivity contribution in [3.63, 3.8) is 0 Å². The maximum Gasteiger partial charge on any atom is 0.338 e. The van der Waals surface area contributed by atoms with Crippen LogP contribution in [-0.4, -0.2) is 41.7 Å². The summed E-state index contributed by atoms with van der Waals surface area (Å²) in [6.07, 6.45) is 1.70. The summed E-state index contributed by atoms with van der Waals surface area (Å²) in [4.78, 5) is 31.4. The lowest BCUT2D eigenvalue weighted by Gasteiger charge is -2.15. The monoisotopic (exact) mass is 447 g/mol. The Bertz CT molecular complexity index is 1270. The molecular formula is C20H18ClN3O5S. The van der Waals surface area contributed by atoms with Crippen LogP contribution in [0.2, 0.25) is 5.02 Å². The SMILES string of the molecule is O=C(OCc1nc2cc(Cl)ccc2c(=O)[nH]1)c1ccc(S(=O)(=O)N2CCCC2)cc1. The van der Waals surface area contributed by atoms with Crippen molar-refractivity contribution in [1.82, 2.24) is 14.3 Å². The molecule has 0 bridgehead atoms. The van der Waals surface area contributed by atoms with Crippen molar-refractivity contribution in [2.75, 3.05) is 13.1 Å². The second kappa shape index (κ2) is 8.17. The van der Waals surface area contributed by atoms with E-state index in [1.54, 1.807) is 18.2 Å². The lowest BCUT2D eigenvalue weighted by molar-refractivity contribution is 0.0462. The van der Waals surface area contributed by atoms with Gasteiger partial charge in [0.2, 0.25) is 10.0 Å². The molecule has 1 fully saturated rings. The number of hydrogen-bond donors (Lipinski definition) is 1. The lowest BCUT2D eigenvalue weighted by atomic mass is 10.2. The molecule has 1 aliphatic heterocycles. The number of benzene rings is 2. The summed E-state index contributed by atoms with van der Waals surface area (Å²) in [5, 5.41) is 0.816. The minimum Gasteiger partial charge on any atom is -0.454 e. The van der Waals surface area contributed by atoms with E-state index in [9.17, 15) is 18.0 Å². The van der Waals surface area contributed by atoms with Gasteiger partial charge >= 0.3 is 5.97 Å². The smallest absolute Gasteiger partial charge is 0.338 e. The number of halogens is 1. The van der Waals surface area contributed by atoms with E-state index in [1.165, 1.54) is 28.6 Å². The van der Waals surface area contributed by atoms with Gasteiger partial charge in [0.05, 0.1) is 21.4 Å². The van der Waals surface area contributed by atoms with Gasteiger partial charge in [-0.2, -0.15) is 4.31 Å². The van der Waals surface area contributed by atoms with Crippen LogP contribution in [0.5, 0.6) is 0 Å². The molecule has 0 spiro atoms. The molecular weight excluding hydrogens is 430 g/mol. The van der Waals surface area contributed by atoms with Crippen LogP contribution in [0.3, 0.4) is 0 Å². The number of nitrogens with zero attached hydrogens (tertiary/aromatic N) is 2. The van der Waals surface area contributed by atoms with Gasteiger partial charge in [0.15, 0.2) is 0 Å². The van der Waals surface area contributed by atoms with E-state index >= 15 is 0 Å². The molecule has 4 rings (SSSR count). The van der Waals surface area contributed by atoms with Gasteiger partial charge in [0.1, 0.15) is 12.4 Å². The van der Waals surface area contributed by atoms with E-state index in [1.807, 2.05) is 0 Å². The molecule has 3 aromatic rings. The fourth-order valence-electron chi connectivity index (χ4n) is 3.29. The number of carbonyl (C=O) groups excluding carboxylic acids is 1. The zero-order valence-corrected chi connectivity index (χ0v) is 17.4. The Morgan fingerprint density at radius 2 is 1.83 bits per heavy atom. The van der Waals surface area contributed by atoms with Crippen molar-refractivity contribution in [2.45, 2.75) is 24.3 Å². The number of aromatic amines is 1. The van der Waals surface area contributed by atoms with Gasteiger partial charge in [0, 0.05) is 18.1 Å². The Morgan fingerprint density at radius 3 is 2.53 bits per heavy atom. The molecule has 8 nitrogen and oxygen atoms in total. The first-order chi connectivity index (χ1) is 14.3. The number of nitrogens with one attached hydrogen (secondary N) is 1. The molecule has 2 aromatic carbocycles. The number of esters is 1. The highest BCUT2D eigenvalue weighted by Gasteiger charge is 2.27. The number of H-pyrrole nitrogens is 1. The van der Waals surface area contributed by atoms with Crippen LogP contribution in [0.15, 0.2) is 52.2 Å². The summed E-state index contributed by atoms with van der Waals surface area (Å²) >= 11 is 5.93. The number of fused-ring (bicyclic) bond motifs is 1. The van der Waals surface area contributed by atoms with E-state index < -0.39 is 16.0 Å². The average molecular weight is 448 g/mol. The van der Waals surface area contributed by atoms with Gasteiger partial charge < -0.3 is 9.72 Å². The molecule has 2 heterocycles. The maximum atomic E-state index is 12.5. The molecule has 30 heavy (non-hydrogen) atoms. The van der Waals surface area contributed by atoms with Crippen molar-refractivity contribution in [2.24, 2.45) is 0 Å². The first kappa shape index (κ1) is 20.5. The Hall–Kier alpha value is -2.75. The molecule has 0 saturated carbocycles. The molecule has 0 radical (unpaired) electrons. The van der Waals surface area contributed by atoms with Crippen LogP contribution in [-0.2, 0) is 21.4 Å². The zero-order chi connectivity index (χ0) is 21.3. The molecule has 1 aliphatic rings. The molecule has 1 N–H and O–H groups in total. The van der Waals surface area contributed by atoms with E-state index in [-0.39, 0.29) is 28.4 Å². The van der Waals surface area contributed by atoms with Gasteiger partial charge in [0.25, 0.3) is 5.56 Å². The van der Waals surface area contributed by atoms with Crippen molar-refractivity contribution in [3.8, 4) is 0 Å². The third-order valence-electron chi connectivity index (χ3n) is 4.85. The Morgan fingerprint density at radius 1 is 1.13 bits per heavy atom. The van der Waals surface area contributed by atoms with Gasteiger partial charge in [-0.25, -0.2) is 18.2 Å². The molecule has 156 valence electrons.